The molecule has 0 spiro atoms. The number of hydrogen-bond acceptors (Lipinski definition) is 3. The molecule has 2 aromatic carbocycles. The largest absolute Gasteiger partial charge is 0.428 e. The van der Waals surface area contributed by atoms with E-state index in [4.69, 9.17) is 32.8 Å². The summed E-state index contributed by atoms with van der Waals surface area (Å²) in [7, 11) is 0. The standard InChI is InChI=1S/C14H9Cl2NO2/c15-10-5-3-4-9(8-10)14-18-13(17-19-14)11-6-1-2-7-12(11)16/h1-8,14H. The second-order valence-electron chi connectivity index (χ2n) is 3.99. The lowest BCUT2D eigenvalue weighted by atomic mass is 10.2. The zero-order valence-corrected chi connectivity index (χ0v) is 11.2. The lowest BCUT2D eigenvalue weighted by molar-refractivity contribution is -0.0498. The Labute approximate surface area is 120 Å². The van der Waals surface area contributed by atoms with E-state index in [0.717, 1.165) is 5.56 Å². The molecule has 0 bridgehead atoms. The zero-order chi connectivity index (χ0) is 13.2. The van der Waals surface area contributed by atoms with Gasteiger partial charge >= 0.3 is 0 Å². The summed E-state index contributed by atoms with van der Waals surface area (Å²) in [5.74, 6) is 0.371. The van der Waals surface area contributed by atoms with E-state index in [2.05, 4.69) is 5.16 Å². The van der Waals surface area contributed by atoms with Gasteiger partial charge in [0.2, 0.25) is 0 Å². The highest BCUT2D eigenvalue weighted by atomic mass is 35.5. The minimum Gasteiger partial charge on any atom is -0.428 e. The maximum absolute atomic E-state index is 6.09. The van der Waals surface area contributed by atoms with E-state index < -0.39 is 6.29 Å². The molecule has 1 aliphatic rings. The number of nitrogens with zero attached hydrogens (tertiary/aromatic N) is 1. The van der Waals surface area contributed by atoms with Crippen LogP contribution in [0.5, 0.6) is 0 Å². The molecule has 1 heterocycles. The van der Waals surface area contributed by atoms with Crippen LogP contribution in [-0.4, -0.2) is 5.90 Å². The Bertz CT molecular complexity index is 643. The molecule has 0 N–H and O–H groups in total. The van der Waals surface area contributed by atoms with Crippen molar-refractivity contribution in [2.75, 3.05) is 0 Å². The predicted molar refractivity (Wildman–Crippen MR) is 74.4 cm³/mol. The molecule has 1 aliphatic heterocycles. The molecule has 0 aromatic heterocycles. The Morgan fingerprint density at radius 3 is 2.63 bits per heavy atom. The van der Waals surface area contributed by atoms with Crippen LogP contribution in [0.1, 0.15) is 17.4 Å². The Balaban J connectivity index is 1.82. The molecule has 0 saturated heterocycles. The summed E-state index contributed by atoms with van der Waals surface area (Å²) < 4.78 is 5.65. The first-order valence-electron chi connectivity index (χ1n) is 5.65. The summed E-state index contributed by atoms with van der Waals surface area (Å²) in [6, 6.07) is 14.6. The van der Waals surface area contributed by atoms with Crippen LogP contribution in [0.2, 0.25) is 10.0 Å². The number of hydrogen-bond donors (Lipinski definition) is 0. The lowest BCUT2D eigenvalue weighted by Crippen LogP contribution is -2.06. The molecule has 2 aromatic rings. The van der Waals surface area contributed by atoms with E-state index in [-0.39, 0.29) is 0 Å². The molecule has 5 heteroatoms. The van der Waals surface area contributed by atoms with Gasteiger partial charge in [0.1, 0.15) is 0 Å². The third-order valence-corrected chi connectivity index (χ3v) is 3.24. The summed E-state index contributed by atoms with van der Waals surface area (Å²) in [6.45, 7) is 0. The highest BCUT2D eigenvalue weighted by Gasteiger charge is 2.26. The molecule has 0 saturated carbocycles. The first-order chi connectivity index (χ1) is 9.24. The van der Waals surface area contributed by atoms with Crippen molar-refractivity contribution >= 4 is 29.1 Å². The van der Waals surface area contributed by atoms with E-state index in [0.29, 0.717) is 21.5 Å². The summed E-state index contributed by atoms with van der Waals surface area (Å²) in [5.41, 5.74) is 1.51. The fourth-order valence-electron chi connectivity index (χ4n) is 1.77. The number of oxime groups is 1. The van der Waals surface area contributed by atoms with Gasteiger partial charge in [-0.05, 0) is 29.4 Å². The van der Waals surface area contributed by atoms with Gasteiger partial charge in [-0.25, -0.2) is 0 Å². The first kappa shape index (κ1) is 12.3. The van der Waals surface area contributed by atoms with E-state index in [1.54, 1.807) is 18.2 Å². The zero-order valence-electron chi connectivity index (χ0n) is 9.72. The van der Waals surface area contributed by atoms with Crippen LogP contribution in [0, 0.1) is 0 Å². The van der Waals surface area contributed by atoms with E-state index in [1.807, 2.05) is 30.3 Å². The van der Waals surface area contributed by atoms with Crippen molar-refractivity contribution in [1.82, 2.24) is 0 Å². The monoisotopic (exact) mass is 293 g/mol. The first-order valence-corrected chi connectivity index (χ1v) is 6.40. The fraction of sp³-hybridized carbons (Fsp3) is 0.0714. The Morgan fingerprint density at radius 2 is 1.84 bits per heavy atom. The van der Waals surface area contributed by atoms with Gasteiger partial charge in [-0.1, -0.05) is 47.5 Å². The second-order valence-corrected chi connectivity index (χ2v) is 4.83. The Hall–Kier alpha value is -1.71. The number of halogens is 2. The average molecular weight is 294 g/mol. The van der Waals surface area contributed by atoms with Crippen molar-refractivity contribution in [1.29, 1.82) is 0 Å². The van der Waals surface area contributed by atoms with Crippen molar-refractivity contribution in [3.8, 4) is 0 Å². The lowest BCUT2D eigenvalue weighted by Gasteiger charge is -2.10. The molecule has 1 unspecified atom stereocenters. The fourth-order valence-corrected chi connectivity index (χ4v) is 2.18. The van der Waals surface area contributed by atoms with Gasteiger partial charge in [-0.15, -0.1) is 0 Å². The van der Waals surface area contributed by atoms with Crippen molar-refractivity contribution in [2.45, 2.75) is 6.29 Å². The molecule has 3 rings (SSSR count). The summed E-state index contributed by atoms with van der Waals surface area (Å²) in [5, 5.41) is 5.11. The minimum absolute atomic E-state index is 0.371. The molecule has 0 amide bonds. The normalized spacial score (nSPS) is 17.6. The molecule has 0 aliphatic carbocycles. The van der Waals surface area contributed by atoms with Gasteiger partial charge in [0.05, 0.1) is 10.6 Å². The van der Waals surface area contributed by atoms with E-state index >= 15 is 0 Å². The van der Waals surface area contributed by atoms with E-state index in [9.17, 15) is 0 Å². The number of benzene rings is 2. The Kier molecular flexibility index (Phi) is 3.32. The molecular weight excluding hydrogens is 285 g/mol. The van der Waals surface area contributed by atoms with Crippen molar-refractivity contribution in [3.05, 3.63) is 69.7 Å². The van der Waals surface area contributed by atoms with Crippen LogP contribution in [0.3, 0.4) is 0 Å². The summed E-state index contributed by atoms with van der Waals surface area (Å²) in [6.07, 6.45) is -0.593. The van der Waals surface area contributed by atoms with Gasteiger partial charge in [-0.3, -0.25) is 0 Å². The molecular formula is C14H9Cl2NO2. The quantitative estimate of drug-likeness (QED) is 0.822. The van der Waals surface area contributed by atoms with Crippen LogP contribution in [0.4, 0.5) is 0 Å². The van der Waals surface area contributed by atoms with Crippen LogP contribution in [-0.2, 0) is 9.57 Å². The van der Waals surface area contributed by atoms with Crippen LogP contribution in [0.25, 0.3) is 0 Å². The Morgan fingerprint density at radius 1 is 1.00 bits per heavy atom. The molecule has 1 atom stereocenters. The maximum atomic E-state index is 6.09. The van der Waals surface area contributed by atoms with Crippen molar-refractivity contribution in [2.24, 2.45) is 5.16 Å². The SMILES string of the molecule is Clc1cccc(C2ON=C(c3ccccc3Cl)O2)c1. The van der Waals surface area contributed by atoms with Gasteiger partial charge < -0.3 is 9.57 Å². The molecule has 0 fully saturated rings. The van der Waals surface area contributed by atoms with Gasteiger partial charge in [-0.2, -0.15) is 0 Å². The highest BCUT2D eigenvalue weighted by molar-refractivity contribution is 6.33. The third-order valence-electron chi connectivity index (χ3n) is 2.68. The molecule has 19 heavy (non-hydrogen) atoms. The average Bonchev–Trinajstić information content (AvgIpc) is 2.89. The predicted octanol–water partition coefficient (Wildman–Crippen LogP) is 4.40. The molecule has 96 valence electrons. The van der Waals surface area contributed by atoms with Crippen molar-refractivity contribution in [3.63, 3.8) is 0 Å². The van der Waals surface area contributed by atoms with Crippen LogP contribution >= 0.6 is 23.2 Å². The van der Waals surface area contributed by atoms with Crippen LogP contribution < -0.4 is 0 Å². The minimum atomic E-state index is -0.593. The van der Waals surface area contributed by atoms with Crippen LogP contribution in [0.15, 0.2) is 53.7 Å². The summed E-state index contributed by atoms with van der Waals surface area (Å²) in [4.78, 5) is 5.26. The molecule has 0 radical (unpaired) electrons. The molecule has 3 nitrogen and oxygen atoms in total. The number of ether oxygens (including phenoxy) is 1. The number of rotatable bonds is 2. The van der Waals surface area contributed by atoms with Crippen molar-refractivity contribution < 1.29 is 9.57 Å². The summed E-state index contributed by atoms with van der Waals surface area (Å²) >= 11 is 12.0. The smallest absolute Gasteiger partial charge is 0.293 e. The maximum Gasteiger partial charge on any atom is 0.293 e. The van der Waals surface area contributed by atoms with Gasteiger partial charge in [0.25, 0.3) is 12.2 Å². The topological polar surface area (TPSA) is 30.8 Å². The van der Waals surface area contributed by atoms with Gasteiger partial charge in [0.15, 0.2) is 0 Å². The third kappa shape index (κ3) is 2.53. The van der Waals surface area contributed by atoms with Gasteiger partial charge in [0, 0.05) is 10.6 Å². The second kappa shape index (κ2) is 5.11. The van der Waals surface area contributed by atoms with E-state index in [1.165, 1.54) is 0 Å². The highest BCUT2D eigenvalue weighted by Crippen LogP contribution is 2.30.